The van der Waals surface area contributed by atoms with Gasteiger partial charge in [-0.15, -0.1) is 16.4 Å². The minimum atomic E-state index is -4.01. The molecule has 0 saturated heterocycles. The maximum atomic E-state index is 14.1. The maximum absolute atomic E-state index is 14.1. The summed E-state index contributed by atoms with van der Waals surface area (Å²) in [6.07, 6.45) is 3.94. The molecule has 13 heteroatoms. The fourth-order valence-corrected chi connectivity index (χ4v) is 9.33. The fraction of sp³-hybridized carbons (Fsp3) is 0.412. The zero-order valence-electron chi connectivity index (χ0n) is 26.7. The lowest BCUT2D eigenvalue weighted by molar-refractivity contribution is -0.143. The van der Waals surface area contributed by atoms with Crippen LogP contribution in [0.3, 0.4) is 0 Å². The summed E-state index contributed by atoms with van der Waals surface area (Å²) in [5, 5.41) is 12.1. The molecule has 1 fully saturated rings. The lowest BCUT2D eigenvalue weighted by atomic mass is 9.83. The number of benzene rings is 2. The Morgan fingerprint density at radius 2 is 2.02 bits per heavy atom. The molecule has 246 valence electrons. The number of aromatic nitrogens is 4. The van der Waals surface area contributed by atoms with Gasteiger partial charge in [0.2, 0.25) is 15.9 Å². The summed E-state index contributed by atoms with van der Waals surface area (Å²) in [5.74, 6) is -0.151. The van der Waals surface area contributed by atoms with Gasteiger partial charge in [0, 0.05) is 30.4 Å². The molecule has 2 atom stereocenters. The Kier molecular flexibility index (Phi) is 8.48. The molecule has 0 radical (unpaired) electrons. The van der Waals surface area contributed by atoms with Gasteiger partial charge >= 0.3 is 5.97 Å². The van der Waals surface area contributed by atoms with Crippen molar-refractivity contribution in [3.63, 3.8) is 0 Å². The van der Waals surface area contributed by atoms with Gasteiger partial charge in [-0.25, -0.2) is 18.1 Å². The molecule has 3 aromatic heterocycles. The van der Waals surface area contributed by atoms with Crippen LogP contribution in [0.15, 0.2) is 46.8 Å². The zero-order chi connectivity index (χ0) is 33.0. The van der Waals surface area contributed by atoms with Crippen LogP contribution in [-0.2, 0) is 33.1 Å². The van der Waals surface area contributed by atoms with E-state index in [1.807, 2.05) is 37.0 Å². The van der Waals surface area contributed by atoms with E-state index in [2.05, 4.69) is 33.5 Å². The van der Waals surface area contributed by atoms with Crippen LogP contribution in [0.4, 0.5) is 0 Å². The normalized spacial score (nSPS) is 18.5. The van der Waals surface area contributed by atoms with Crippen molar-refractivity contribution >= 4 is 60.0 Å². The molecular weight excluding hydrogens is 658 g/mol. The number of carbonyl (C=O) groups excluding carboxylic acids is 1. The second-order valence-electron chi connectivity index (χ2n) is 12.3. The molecule has 1 aliphatic carbocycles. The number of nitrogens with zero attached hydrogens (tertiary/aromatic N) is 5. The number of hydrogen-bond acceptors (Lipinski definition) is 9. The van der Waals surface area contributed by atoms with E-state index < -0.39 is 10.0 Å². The molecule has 1 aliphatic heterocycles. The summed E-state index contributed by atoms with van der Waals surface area (Å²) in [6, 6.07) is 9.84. The SMILES string of the molecule is CCOC(=O)CC(c1cc(CN2C[C@@H](CC)Oc3ncc(Cl)cc3S2(=O)=O)c2sccc2c1)c1cc(C2CC2)c2c(nnn2C)c1C. The summed E-state index contributed by atoms with van der Waals surface area (Å²) in [4.78, 5) is 17.4. The van der Waals surface area contributed by atoms with Gasteiger partial charge in [-0.3, -0.25) is 4.79 Å². The smallest absolute Gasteiger partial charge is 0.306 e. The van der Waals surface area contributed by atoms with Gasteiger partial charge < -0.3 is 9.47 Å². The average Bonchev–Trinajstić information content (AvgIpc) is 3.67. The van der Waals surface area contributed by atoms with Crippen molar-refractivity contribution in [2.45, 2.75) is 75.8 Å². The van der Waals surface area contributed by atoms with Crippen LogP contribution in [0.1, 0.15) is 79.2 Å². The van der Waals surface area contributed by atoms with Gasteiger partial charge in [0.1, 0.15) is 16.5 Å². The minimum Gasteiger partial charge on any atom is -0.472 e. The molecule has 0 amide bonds. The predicted octanol–water partition coefficient (Wildman–Crippen LogP) is 6.86. The molecule has 0 spiro atoms. The van der Waals surface area contributed by atoms with Crippen molar-refractivity contribution in [1.29, 1.82) is 0 Å². The Morgan fingerprint density at radius 3 is 2.77 bits per heavy atom. The Balaban J connectivity index is 1.37. The molecule has 47 heavy (non-hydrogen) atoms. The number of pyridine rings is 1. The highest BCUT2D eigenvalue weighted by atomic mass is 35.5. The lowest BCUT2D eigenvalue weighted by Crippen LogP contribution is -2.36. The summed E-state index contributed by atoms with van der Waals surface area (Å²) >= 11 is 7.78. The van der Waals surface area contributed by atoms with E-state index in [1.54, 1.807) is 18.3 Å². The first-order valence-electron chi connectivity index (χ1n) is 15.9. The van der Waals surface area contributed by atoms with E-state index in [9.17, 15) is 13.2 Å². The molecule has 1 unspecified atom stereocenters. The number of thiophene rings is 1. The molecule has 1 saturated carbocycles. The second kappa shape index (κ2) is 12.5. The van der Waals surface area contributed by atoms with Crippen molar-refractivity contribution in [2.24, 2.45) is 7.05 Å². The summed E-state index contributed by atoms with van der Waals surface area (Å²) in [7, 11) is -2.09. The summed E-state index contributed by atoms with van der Waals surface area (Å²) in [5.41, 5.74) is 6.80. The third-order valence-corrected chi connectivity index (χ3v) is 12.2. The number of esters is 1. The highest BCUT2D eigenvalue weighted by Crippen LogP contribution is 2.46. The van der Waals surface area contributed by atoms with Crippen molar-refractivity contribution in [3.8, 4) is 5.88 Å². The number of aryl methyl sites for hydroxylation is 2. The Bertz CT molecular complexity index is 2120. The van der Waals surface area contributed by atoms with Crippen LogP contribution < -0.4 is 4.74 Å². The number of carbonyl (C=O) groups is 1. The third kappa shape index (κ3) is 5.90. The monoisotopic (exact) mass is 693 g/mol. The molecule has 7 rings (SSSR count). The number of halogens is 1. The molecule has 4 heterocycles. The topological polar surface area (TPSA) is 117 Å². The van der Waals surface area contributed by atoms with E-state index in [0.717, 1.165) is 56.2 Å². The quantitative estimate of drug-likeness (QED) is 0.154. The average molecular weight is 694 g/mol. The van der Waals surface area contributed by atoms with Gasteiger partial charge in [-0.1, -0.05) is 35.9 Å². The van der Waals surface area contributed by atoms with Gasteiger partial charge in [0.25, 0.3) is 0 Å². The number of rotatable bonds is 9. The first-order valence-corrected chi connectivity index (χ1v) is 18.6. The fourth-order valence-electron chi connectivity index (χ4n) is 6.67. The van der Waals surface area contributed by atoms with Crippen LogP contribution in [0.5, 0.6) is 5.88 Å². The first kappa shape index (κ1) is 32.0. The van der Waals surface area contributed by atoms with Crippen molar-refractivity contribution in [3.05, 3.63) is 74.7 Å². The number of ether oxygens (including phenoxy) is 2. The number of fused-ring (bicyclic) bond motifs is 3. The number of sulfonamides is 1. The van der Waals surface area contributed by atoms with E-state index >= 15 is 0 Å². The number of hydrogen-bond donors (Lipinski definition) is 0. The molecule has 5 aromatic rings. The minimum absolute atomic E-state index is 0.0415. The summed E-state index contributed by atoms with van der Waals surface area (Å²) in [6.45, 7) is 6.35. The van der Waals surface area contributed by atoms with E-state index in [0.29, 0.717) is 12.3 Å². The highest BCUT2D eigenvalue weighted by molar-refractivity contribution is 7.89. The van der Waals surface area contributed by atoms with E-state index in [1.165, 1.54) is 22.1 Å². The van der Waals surface area contributed by atoms with Crippen molar-refractivity contribution in [1.82, 2.24) is 24.3 Å². The van der Waals surface area contributed by atoms with Crippen molar-refractivity contribution < 1.29 is 22.7 Å². The summed E-state index contributed by atoms with van der Waals surface area (Å²) < 4.78 is 44.1. The van der Waals surface area contributed by atoms with Gasteiger partial charge in [-0.2, -0.15) is 4.31 Å². The van der Waals surface area contributed by atoms with Gasteiger partial charge in [-0.05, 0) is 95.8 Å². The maximum Gasteiger partial charge on any atom is 0.306 e. The van der Waals surface area contributed by atoms with Crippen molar-refractivity contribution in [2.75, 3.05) is 13.2 Å². The first-order chi connectivity index (χ1) is 22.6. The van der Waals surface area contributed by atoms with Crippen LogP contribution >= 0.6 is 22.9 Å². The Morgan fingerprint density at radius 1 is 1.21 bits per heavy atom. The molecule has 2 aromatic carbocycles. The molecule has 10 nitrogen and oxygen atoms in total. The molecule has 0 bridgehead atoms. The predicted molar refractivity (Wildman–Crippen MR) is 182 cm³/mol. The lowest BCUT2D eigenvalue weighted by Gasteiger charge is -2.25. The third-order valence-electron chi connectivity index (χ3n) is 9.21. The molecular formula is C34H36ClN5O5S2. The van der Waals surface area contributed by atoms with Gasteiger partial charge in [0.05, 0.1) is 30.1 Å². The molecule has 2 aliphatic rings. The van der Waals surface area contributed by atoms with Gasteiger partial charge in [0.15, 0.2) is 0 Å². The van der Waals surface area contributed by atoms with Crippen LogP contribution in [0, 0.1) is 6.92 Å². The van der Waals surface area contributed by atoms with Crippen LogP contribution in [-0.4, -0.2) is 57.9 Å². The highest BCUT2D eigenvalue weighted by Gasteiger charge is 2.37. The second-order valence-corrected chi connectivity index (χ2v) is 15.6. The Labute approximate surface area is 282 Å². The van der Waals surface area contributed by atoms with Crippen LogP contribution in [0.25, 0.3) is 21.1 Å². The van der Waals surface area contributed by atoms with E-state index in [4.69, 9.17) is 21.1 Å². The Hall–Kier alpha value is -3.58. The largest absolute Gasteiger partial charge is 0.472 e. The molecule has 0 N–H and O–H groups in total. The standard InChI is InChI=1S/C34H36ClN5O5S2/c1-5-25-18-40(47(42,43)29-13-24(35)16-36-34(29)45-25)17-23-12-22(11-21-9-10-46-33(21)23)27(15-30(41)44-6-2)26-14-28(20-7-8-20)32-31(19(26)3)37-38-39(32)4/h9-14,16,20,25,27H,5-8,15,17-18H2,1-4H3/t25-,27?/m1/s1. The van der Waals surface area contributed by atoms with Crippen LogP contribution in [0.2, 0.25) is 5.02 Å². The van der Waals surface area contributed by atoms with E-state index in [-0.39, 0.29) is 59.9 Å². The zero-order valence-corrected chi connectivity index (χ0v) is 29.1.